The van der Waals surface area contributed by atoms with E-state index in [0.717, 1.165) is 0 Å². The topological polar surface area (TPSA) is 79.1 Å². The smallest absolute Gasteiger partial charge is 0.320 e. The van der Waals surface area contributed by atoms with Crippen LogP contribution in [0, 0.1) is 6.92 Å². The number of carbonyl (C=O) groups excluding carboxylic acids is 2. The van der Waals surface area contributed by atoms with E-state index >= 15 is 0 Å². The molecule has 0 N–H and O–H groups in total. The maximum absolute atomic E-state index is 12.8. The van der Waals surface area contributed by atoms with E-state index in [2.05, 4.69) is 4.98 Å². The van der Waals surface area contributed by atoms with Crippen molar-refractivity contribution in [3.8, 4) is 0 Å². The molecule has 2 saturated heterocycles. The molecule has 0 atom stereocenters. The Kier molecular flexibility index (Phi) is 4.50. The SMILES string of the molecule is Cc1nc2cc(C(=O)N3CCN(C(=O)N4CCOCC4)CC3)ccc2o1. The van der Waals surface area contributed by atoms with Crippen LogP contribution in [0.15, 0.2) is 22.6 Å². The van der Waals surface area contributed by atoms with E-state index in [-0.39, 0.29) is 11.9 Å². The normalized spacial score (nSPS) is 18.4. The van der Waals surface area contributed by atoms with Crippen LogP contribution in [0.4, 0.5) is 4.79 Å². The van der Waals surface area contributed by atoms with E-state index < -0.39 is 0 Å². The predicted octanol–water partition coefficient (Wildman–Crippen LogP) is 1.35. The van der Waals surface area contributed by atoms with Crippen molar-refractivity contribution in [2.24, 2.45) is 0 Å². The van der Waals surface area contributed by atoms with Crippen LogP contribution < -0.4 is 0 Å². The number of fused-ring (bicyclic) bond motifs is 1. The van der Waals surface area contributed by atoms with Crippen molar-refractivity contribution in [2.75, 3.05) is 52.5 Å². The summed E-state index contributed by atoms with van der Waals surface area (Å²) >= 11 is 0. The number of amides is 3. The van der Waals surface area contributed by atoms with Crippen LogP contribution in [-0.2, 0) is 4.74 Å². The third kappa shape index (κ3) is 3.24. The molecule has 0 spiro atoms. The number of hydrogen-bond acceptors (Lipinski definition) is 5. The summed E-state index contributed by atoms with van der Waals surface area (Å²) in [4.78, 5) is 35.0. The number of ether oxygens (including phenoxy) is 1. The first-order valence-electron chi connectivity index (χ1n) is 8.90. The molecule has 1 aromatic heterocycles. The summed E-state index contributed by atoms with van der Waals surface area (Å²) in [6.07, 6.45) is 0. The number of aromatic nitrogens is 1. The van der Waals surface area contributed by atoms with Gasteiger partial charge >= 0.3 is 6.03 Å². The van der Waals surface area contributed by atoms with Gasteiger partial charge in [-0.05, 0) is 18.2 Å². The Labute approximate surface area is 151 Å². The minimum atomic E-state index is -0.0361. The minimum absolute atomic E-state index is 0.0361. The Balaban J connectivity index is 1.38. The largest absolute Gasteiger partial charge is 0.441 e. The number of aryl methyl sites for hydroxylation is 1. The lowest BCUT2D eigenvalue weighted by molar-refractivity contribution is 0.0362. The van der Waals surface area contributed by atoms with Gasteiger partial charge in [-0.3, -0.25) is 4.79 Å². The zero-order valence-electron chi connectivity index (χ0n) is 14.8. The number of morpholine rings is 1. The van der Waals surface area contributed by atoms with Gasteiger partial charge in [-0.2, -0.15) is 0 Å². The molecule has 0 aliphatic carbocycles. The van der Waals surface area contributed by atoms with Crippen molar-refractivity contribution >= 4 is 23.0 Å². The molecule has 2 aliphatic rings. The third-order valence-electron chi connectivity index (χ3n) is 4.86. The molecule has 2 fully saturated rings. The first kappa shape index (κ1) is 16.8. The van der Waals surface area contributed by atoms with E-state index in [9.17, 15) is 9.59 Å². The summed E-state index contributed by atoms with van der Waals surface area (Å²) in [6.45, 7) is 6.40. The van der Waals surface area contributed by atoms with Gasteiger partial charge < -0.3 is 23.9 Å². The molecule has 3 amide bonds. The molecule has 1 aromatic carbocycles. The first-order valence-corrected chi connectivity index (χ1v) is 8.90. The van der Waals surface area contributed by atoms with Crippen LogP contribution >= 0.6 is 0 Å². The Morgan fingerprint density at radius 1 is 0.962 bits per heavy atom. The second kappa shape index (κ2) is 6.95. The van der Waals surface area contributed by atoms with Gasteiger partial charge in [0.05, 0.1) is 13.2 Å². The molecule has 2 aromatic rings. The first-order chi connectivity index (χ1) is 12.6. The lowest BCUT2D eigenvalue weighted by Gasteiger charge is -2.38. The monoisotopic (exact) mass is 358 g/mol. The Morgan fingerprint density at radius 3 is 2.35 bits per heavy atom. The van der Waals surface area contributed by atoms with Crippen LogP contribution in [0.2, 0.25) is 0 Å². The molecule has 4 rings (SSSR count). The second-order valence-corrected chi connectivity index (χ2v) is 6.58. The zero-order valence-corrected chi connectivity index (χ0v) is 14.8. The summed E-state index contributed by atoms with van der Waals surface area (Å²) in [6, 6.07) is 5.35. The zero-order chi connectivity index (χ0) is 18.1. The van der Waals surface area contributed by atoms with Crippen molar-refractivity contribution in [2.45, 2.75) is 6.92 Å². The molecule has 3 heterocycles. The third-order valence-corrected chi connectivity index (χ3v) is 4.86. The highest BCUT2D eigenvalue weighted by atomic mass is 16.5. The van der Waals surface area contributed by atoms with E-state index in [1.165, 1.54) is 0 Å². The van der Waals surface area contributed by atoms with Crippen molar-refractivity contribution in [3.63, 3.8) is 0 Å². The summed E-state index contributed by atoms with van der Waals surface area (Å²) in [5.74, 6) is 0.547. The molecule has 0 bridgehead atoms. The quantitative estimate of drug-likeness (QED) is 0.769. The summed E-state index contributed by atoms with van der Waals surface area (Å²) in [5.41, 5.74) is 1.97. The number of piperazine rings is 1. The lowest BCUT2D eigenvalue weighted by atomic mass is 10.1. The summed E-state index contributed by atoms with van der Waals surface area (Å²) < 4.78 is 10.7. The Morgan fingerprint density at radius 2 is 1.62 bits per heavy atom. The van der Waals surface area contributed by atoms with Gasteiger partial charge in [0, 0.05) is 51.8 Å². The summed E-state index contributed by atoms with van der Waals surface area (Å²) in [5, 5.41) is 0. The predicted molar refractivity (Wildman–Crippen MR) is 94.0 cm³/mol. The van der Waals surface area contributed by atoms with Gasteiger partial charge in [0.2, 0.25) is 0 Å². The number of oxazole rings is 1. The van der Waals surface area contributed by atoms with Crippen LogP contribution in [0.5, 0.6) is 0 Å². The fourth-order valence-corrected chi connectivity index (χ4v) is 3.41. The molecule has 8 nitrogen and oxygen atoms in total. The highest BCUT2D eigenvalue weighted by molar-refractivity contribution is 5.97. The number of urea groups is 1. The van der Waals surface area contributed by atoms with Crippen molar-refractivity contribution in [3.05, 3.63) is 29.7 Å². The number of carbonyl (C=O) groups is 2. The van der Waals surface area contributed by atoms with E-state index in [1.54, 1.807) is 30.0 Å². The number of hydrogen-bond donors (Lipinski definition) is 0. The molecule has 0 saturated carbocycles. The highest BCUT2D eigenvalue weighted by Crippen LogP contribution is 2.18. The highest BCUT2D eigenvalue weighted by Gasteiger charge is 2.28. The van der Waals surface area contributed by atoms with Crippen LogP contribution in [0.3, 0.4) is 0 Å². The maximum Gasteiger partial charge on any atom is 0.320 e. The standard InChI is InChI=1S/C18H22N4O4/c1-13-19-15-12-14(2-3-16(15)26-13)17(23)20-4-6-21(7-5-20)18(24)22-8-10-25-11-9-22/h2-3,12H,4-11H2,1H3. The van der Waals surface area contributed by atoms with Crippen LogP contribution in [0.1, 0.15) is 16.2 Å². The number of benzene rings is 1. The van der Waals surface area contributed by atoms with Gasteiger partial charge in [0.1, 0.15) is 5.52 Å². The van der Waals surface area contributed by atoms with Crippen LogP contribution in [-0.4, -0.2) is 84.1 Å². The lowest BCUT2D eigenvalue weighted by Crippen LogP contribution is -2.55. The Hall–Kier alpha value is -2.61. The molecular formula is C18H22N4O4. The molecule has 8 heteroatoms. The average Bonchev–Trinajstić information content (AvgIpc) is 3.07. The van der Waals surface area contributed by atoms with E-state index in [0.29, 0.717) is 75.0 Å². The van der Waals surface area contributed by atoms with E-state index in [4.69, 9.17) is 9.15 Å². The van der Waals surface area contributed by atoms with Crippen molar-refractivity contribution in [1.29, 1.82) is 0 Å². The Bertz CT molecular complexity index is 820. The van der Waals surface area contributed by atoms with Crippen LogP contribution in [0.25, 0.3) is 11.1 Å². The minimum Gasteiger partial charge on any atom is -0.441 e. The van der Waals surface area contributed by atoms with Gasteiger partial charge in [0.25, 0.3) is 5.91 Å². The van der Waals surface area contributed by atoms with Gasteiger partial charge in [-0.1, -0.05) is 0 Å². The molecule has 138 valence electrons. The van der Waals surface area contributed by atoms with Crippen molar-refractivity contribution in [1.82, 2.24) is 19.7 Å². The van der Waals surface area contributed by atoms with Crippen molar-refractivity contribution < 1.29 is 18.7 Å². The molecule has 26 heavy (non-hydrogen) atoms. The number of nitrogens with zero attached hydrogens (tertiary/aromatic N) is 4. The second-order valence-electron chi connectivity index (χ2n) is 6.58. The fourth-order valence-electron chi connectivity index (χ4n) is 3.41. The molecular weight excluding hydrogens is 336 g/mol. The van der Waals surface area contributed by atoms with Gasteiger partial charge in [0.15, 0.2) is 11.5 Å². The van der Waals surface area contributed by atoms with Gasteiger partial charge in [-0.25, -0.2) is 9.78 Å². The number of rotatable bonds is 1. The summed E-state index contributed by atoms with van der Waals surface area (Å²) in [7, 11) is 0. The van der Waals surface area contributed by atoms with Gasteiger partial charge in [-0.15, -0.1) is 0 Å². The maximum atomic E-state index is 12.8. The average molecular weight is 358 g/mol. The molecule has 2 aliphatic heterocycles. The fraction of sp³-hybridized carbons (Fsp3) is 0.500. The molecule has 0 radical (unpaired) electrons. The van der Waals surface area contributed by atoms with E-state index in [1.807, 2.05) is 9.80 Å². The molecule has 0 unspecified atom stereocenters.